The van der Waals surface area contributed by atoms with Crippen LogP contribution in [0.3, 0.4) is 0 Å². The number of rotatable bonds is 8. The summed E-state index contributed by atoms with van der Waals surface area (Å²) in [6.07, 6.45) is 0.781. The van der Waals surface area contributed by atoms with E-state index < -0.39 is 10.0 Å². The highest BCUT2D eigenvalue weighted by atomic mass is 32.2. The van der Waals surface area contributed by atoms with Crippen molar-refractivity contribution in [2.45, 2.75) is 37.0 Å². The van der Waals surface area contributed by atoms with Crippen LogP contribution in [0.25, 0.3) is 11.0 Å². The first kappa shape index (κ1) is 23.0. The van der Waals surface area contributed by atoms with Gasteiger partial charge in [-0.25, -0.2) is 17.7 Å². The largest absolute Gasteiger partial charge is 0.355 e. The van der Waals surface area contributed by atoms with Crippen molar-refractivity contribution in [2.75, 3.05) is 20.6 Å². The maximum absolute atomic E-state index is 12.4. The maximum Gasteiger partial charge on any atom is 0.242 e. The lowest BCUT2D eigenvalue weighted by Gasteiger charge is -2.25. The first-order valence-electron chi connectivity index (χ1n) is 10.2. The number of nitrogens with zero attached hydrogens (tertiary/aromatic N) is 3. The molecule has 3 aromatic rings. The Labute approximate surface area is 184 Å². The predicted octanol–water partition coefficient (Wildman–Crippen LogP) is 2.85. The molecule has 3 rings (SSSR count). The van der Waals surface area contributed by atoms with Gasteiger partial charge in [-0.15, -0.1) is 0 Å². The molecule has 0 saturated heterocycles. The number of aromatic nitrogens is 2. The first-order valence-corrected chi connectivity index (χ1v) is 11.7. The zero-order valence-electron chi connectivity index (χ0n) is 18.7. The Kier molecular flexibility index (Phi) is 6.52. The summed E-state index contributed by atoms with van der Waals surface area (Å²) in [6, 6.07) is 15.0. The number of hydrogen-bond donors (Lipinski definition) is 1. The number of carbonyl (C=O) groups excluding carboxylic acids is 1. The second kappa shape index (κ2) is 8.80. The molecule has 1 N–H and O–H groups in total. The van der Waals surface area contributed by atoms with Gasteiger partial charge in [-0.05, 0) is 23.8 Å². The van der Waals surface area contributed by atoms with Crippen molar-refractivity contribution in [3.8, 4) is 0 Å². The fraction of sp³-hybridized carbons (Fsp3) is 0.391. The van der Waals surface area contributed by atoms with E-state index in [9.17, 15) is 13.2 Å². The van der Waals surface area contributed by atoms with E-state index in [1.807, 2.05) is 29.8 Å². The van der Waals surface area contributed by atoms with Crippen LogP contribution in [0.1, 0.15) is 31.7 Å². The minimum absolute atomic E-state index is 0.0352. The Hall–Kier alpha value is -2.71. The van der Waals surface area contributed by atoms with Crippen LogP contribution in [0, 0.1) is 0 Å². The van der Waals surface area contributed by atoms with E-state index in [0.29, 0.717) is 24.9 Å². The van der Waals surface area contributed by atoms with Crippen molar-refractivity contribution in [2.24, 2.45) is 7.05 Å². The molecular weight excluding hydrogens is 412 g/mol. The summed E-state index contributed by atoms with van der Waals surface area (Å²) in [7, 11) is 1.36. The van der Waals surface area contributed by atoms with Gasteiger partial charge in [0.1, 0.15) is 5.82 Å². The number of imidazole rings is 1. The molecule has 0 unspecified atom stereocenters. The molecule has 1 aromatic heterocycles. The van der Waals surface area contributed by atoms with Crippen LogP contribution >= 0.6 is 0 Å². The van der Waals surface area contributed by atoms with Crippen molar-refractivity contribution >= 4 is 27.0 Å². The lowest BCUT2D eigenvalue weighted by Crippen LogP contribution is -2.36. The first-order chi connectivity index (χ1) is 14.5. The van der Waals surface area contributed by atoms with Crippen LogP contribution in [0.5, 0.6) is 0 Å². The molecule has 0 aliphatic carbocycles. The molecule has 2 aromatic carbocycles. The van der Waals surface area contributed by atoms with Crippen LogP contribution in [-0.2, 0) is 33.7 Å². The number of hydrogen-bond acceptors (Lipinski definition) is 4. The Morgan fingerprint density at radius 1 is 1.13 bits per heavy atom. The van der Waals surface area contributed by atoms with Gasteiger partial charge in [0.2, 0.25) is 15.9 Å². The number of benzene rings is 2. The van der Waals surface area contributed by atoms with E-state index in [0.717, 1.165) is 11.3 Å². The van der Waals surface area contributed by atoms with Crippen LogP contribution in [0.15, 0.2) is 53.4 Å². The quantitative estimate of drug-likeness (QED) is 0.581. The van der Waals surface area contributed by atoms with E-state index in [4.69, 9.17) is 0 Å². The van der Waals surface area contributed by atoms with Crippen LogP contribution in [0.4, 0.5) is 0 Å². The smallest absolute Gasteiger partial charge is 0.242 e. The summed E-state index contributed by atoms with van der Waals surface area (Å²) in [5.74, 6) is 0.707. The standard InChI is InChI=1S/C23H30N4O3S/c1-23(2,17-9-7-6-8-10-17)16-24-22(28)14-13-21-25-19-15-18(31(29,30)26(3)4)11-12-20(19)27(21)5/h6-12,15H,13-14,16H2,1-5H3,(H,24,28). The highest BCUT2D eigenvalue weighted by molar-refractivity contribution is 7.89. The van der Waals surface area contributed by atoms with Crippen LogP contribution in [0.2, 0.25) is 0 Å². The number of amides is 1. The van der Waals surface area contributed by atoms with Gasteiger partial charge in [-0.2, -0.15) is 0 Å². The third kappa shape index (κ3) is 4.97. The van der Waals surface area contributed by atoms with Crippen LogP contribution < -0.4 is 5.32 Å². The molecule has 0 atom stereocenters. The van der Waals surface area contributed by atoms with Crippen LogP contribution in [-0.4, -0.2) is 48.8 Å². The van der Waals surface area contributed by atoms with Gasteiger partial charge in [0, 0.05) is 45.9 Å². The average molecular weight is 443 g/mol. The maximum atomic E-state index is 12.4. The lowest BCUT2D eigenvalue weighted by molar-refractivity contribution is -0.121. The van der Waals surface area contributed by atoms with E-state index >= 15 is 0 Å². The fourth-order valence-corrected chi connectivity index (χ4v) is 4.37. The monoisotopic (exact) mass is 442 g/mol. The van der Waals surface area contributed by atoms with Gasteiger partial charge in [0.05, 0.1) is 15.9 Å². The third-order valence-electron chi connectivity index (χ3n) is 5.58. The SMILES string of the molecule is CN(C)S(=O)(=O)c1ccc2c(c1)nc(CCC(=O)NCC(C)(C)c1ccccc1)n2C. The van der Waals surface area contributed by atoms with Crippen molar-refractivity contribution in [1.82, 2.24) is 19.2 Å². The molecule has 0 saturated carbocycles. The molecule has 0 fully saturated rings. The third-order valence-corrected chi connectivity index (χ3v) is 7.39. The molecule has 8 heteroatoms. The fourth-order valence-electron chi connectivity index (χ4n) is 3.45. The summed E-state index contributed by atoms with van der Waals surface area (Å²) in [5, 5.41) is 3.03. The van der Waals surface area contributed by atoms with E-state index in [1.54, 1.807) is 18.2 Å². The second-order valence-corrected chi connectivity index (χ2v) is 10.7. The number of nitrogens with one attached hydrogen (secondary N) is 1. The normalized spacial score (nSPS) is 12.5. The molecule has 0 aliphatic rings. The van der Waals surface area contributed by atoms with Crippen molar-refractivity contribution in [3.05, 3.63) is 59.9 Å². The van der Waals surface area contributed by atoms with Gasteiger partial charge < -0.3 is 9.88 Å². The number of sulfonamides is 1. The van der Waals surface area contributed by atoms with Gasteiger partial charge >= 0.3 is 0 Å². The van der Waals surface area contributed by atoms with Gasteiger partial charge in [-0.3, -0.25) is 4.79 Å². The Bertz CT molecular complexity index is 1180. The summed E-state index contributed by atoms with van der Waals surface area (Å²) < 4.78 is 27.8. The Morgan fingerprint density at radius 2 is 1.81 bits per heavy atom. The Balaban J connectivity index is 1.67. The summed E-state index contributed by atoms with van der Waals surface area (Å²) in [5.41, 5.74) is 2.45. The minimum atomic E-state index is -3.52. The molecule has 0 spiro atoms. The average Bonchev–Trinajstić information content (AvgIpc) is 3.06. The summed E-state index contributed by atoms with van der Waals surface area (Å²) in [6.45, 7) is 4.76. The van der Waals surface area contributed by atoms with Gasteiger partial charge in [-0.1, -0.05) is 44.2 Å². The molecular formula is C23H30N4O3S. The highest BCUT2D eigenvalue weighted by Gasteiger charge is 2.22. The molecule has 31 heavy (non-hydrogen) atoms. The summed E-state index contributed by atoms with van der Waals surface area (Å²) in [4.78, 5) is 17.2. The number of carbonyl (C=O) groups is 1. The minimum Gasteiger partial charge on any atom is -0.355 e. The molecule has 0 radical (unpaired) electrons. The van der Waals surface area contributed by atoms with E-state index in [2.05, 4.69) is 36.3 Å². The number of aryl methyl sites for hydroxylation is 2. The van der Waals surface area contributed by atoms with E-state index in [-0.39, 0.29) is 16.2 Å². The van der Waals surface area contributed by atoms with Crippen molar-refractivity contribution in [1.29, 1.82) is 0 Å². The van der Waals surface area contributed by atoms with Crippen molar-refractivity contribution in [3.63, 3.8) is 0 Å². The summed E-state index contributed by atoms with van der Waals surface area (Å²) >= 11 is 0. The highest BCUT2D eigenvalue weighted by Crippen LogP contribution is 2.23. The van der Waals surface area contributed by atoms with E-state index in [1.165, 1.54) is 24.0 Å². The zero-order chi connectivity index (χ0) is 22.8. The van der Waals surface area contributed by atoms with Crippen molar-refractivity contribution < 1.29 is 13.2 Å². The molecule has 1 heterocycles. The molecule has 166 valence electrons. The molecule has 0 aliphatic heterocycles. The van der Waals surface area contributed by atoms with Gasteiger partial charge in [0.15, 0.2) is 0 Å². The predicted molar refractivity (Wildman–Crippen MR) is 122 cm³/mol. The molecule has 7 nitrogen and oxygen atoms in total. The second-order valence-electron chi connectivity index (χ2n) is 8.55. The molecule has 1 amide bonds. The Morgan fingerprint density at radius 3 is 2.45 bits per heavy atom. The van der Waals surface area contributed by atoms with Gasteiger partial charge in [0.25, 0.3) is 0 Å². The lowest BCUT2D eigenvalue weighted by atomic mass is 9.84. The molecule has 0 bridgehead atoms. The topological polar surface area (TPSA) is 84.3 Å². The zero-order valence-corrected chi connectivity index (χ0v) is 19.5. The number of fused-ring (bicyclic) bond motifs is 1.